The van der Waals surface area contributed by atoms with E-state index in [1.807, 2.05) is 18.3 Å². The number of hydrogen-bond acceptors (Lipinski definition) is 4. The molecule has 1 aromatic rings. The van der Waals surface area contributed by atoms with E-state index in [9.17, 15) is 0 Å². The van der Waals surface area contributed by atoms with E-state index in [2.05, 4.69) is 10.3 Å². The highest BCUT2D eigenvalue weighted by atomic mass is 16.5. The van der Waals surface area contributed by atoms with Gasteiger partial charge in [-0.05, 0) is 18.5 Å². The Morgan fingerprint density at radius 2 is 2.20 bits per heavy atom. The predicted octanol–water partition coefficient (Wildman–Crippen LogP) is 1.22. The molecular weight excluding hydrogens is 192 g/mol. The summed E-state index contributed by atoms with van der Waals surface area (Å²) in [6.45, 7) is 2.59. The molecule has 0 fully saturated rings. The third kappa shape index (κ3) is 4.76. The molecule has 0 saturated heterocycles. The molecule has 0 aromatic carbocycles. The van der Waals surface area contributed by atoms with Gasteiger partial charge >= 0.3 is 0 Å². The zero-order valence-corrected chi connectivity index (χ0v) is 9.32. The molecule has 0 bridgehead atoms. The Balaban J connectivity index is 2.20. The fourth-order valence-electron chi connectivity index (χ4n) is 1.21. The molecule has 15 heavy (non-hydrogen) atoms. The van der Waals surface area contributed by atoms with Crippen LogP contribution in [0.15, 0.2) is 18.3 Å². The lowest BCUT2D eigenvalue weighted by molar-refractivity contribution is 0.194. The van der Waals surface area contributed by atoms with Crippen LogP contribution in [0.3, 0.4) is 0 Å². The van der Waals surface area contributed by atoms with Crippen molar-refractivity contribution in [3.8, 4) is 5.88 Å². The highest BCUT2D eigenvalue weighted by molar-refractivity contribution is 5.17. The van der Waals surface area contributed by atoms with Gasteiger partial charge in [-0.15, -0.1) is 0 Å². The van der Waals surface area contributed by atoms with E-state index in [0.29, 0.717) is 5.88 Å². The maximum absolute atomic E-state index is 4.98. The topological polar surface area (TPSA) is 43.4 Å². The second kappa shape index (κ2) is 7.20. The number of nitrogens with zero attached hydrogens (tertiary/aromatic N) is 1. The number of nitrogens with one attached hydrogen (secondary N) is 1. The van der Waals surface area contributed by atoms with Crippen molar-refractivity contribution in [1.82, 2.24) is 10.3 Å². The summed E-state index contributed by atoms with van der Waals surface area (Å²) in [6, 6.07) is 3.88. The van der Waals surface area contributed by atoms with Gasteiger partial charge in [0.1, 0.15) is 0 Å². The van der Waals surface area contributed by atoms with Gasteiger partial charge in [0.2, 0.25) is 5.88 Å². The van der Waals surface area contributed by atoms with Crippen LogP contribution in [0.4, 0.5) is 0 Å². The fourth-order valence-corrected chi connectivity index (χ4v) is 1.21. The van der Waals surface area contributed by atoms with Gasteiger partial charge in [-0.1, -0.05) is 6.07 Å². The van der Waals surface area contributed by atoms with Gasteiger partial charge in [-0.25, -0.2) is 4.98 Å². The Bertz CT molecular complexity index is 262. The minimum absolute atomic E-state index is 0.651. The predicted molar refractivity (Wildman–Crippen MR) is 59.0 cm³/mol. The Hall–Kier alpha value is -1.13. The number of methoxy groups -OCH3 is 2. The second-order valence-corrected chi connectivity index (χ2v) is 3.23. The monoisotopic (exact) mass is 210 g/mol. The van der Waals surface area contributed by atoms with Crippen molar-refractivity contribution in [2.24, 2.45) is 0 Å². The molecule has 0 unspecified atom stereocenters. The first-order valence-electron chi connectivity index (χ1n) is 5.05. The van der Waals surface area contributed by atoms with E-state index < -0.39 is 0 Å². The minimum Gasteiger partial charge on any atom is -0.481 e. The molecule has 1 aromatic heterocycles. The lowest BCUT2D eigenvalue weighted by Crippen LogP contribution is -2.16. The Morgan fingerprint density at radius 1 is 1.33 bits per heavy atom. The highest BCUT2D eigenvalue weighted by Crippen LogP contribution is 2.05. The van der Waals surface area contributed by atoms with E-state index in [1.165, 1.54) is 0 Å². The molecule has 0 radical (unpaired) electrons. The van der Waals surface area contributed by atoms with Crippen LogP contribution >= 0.6 is 0 Å². The van der Waals surface area contributed by atoms with Crippen molar-refractivity contribution in [2.45, 2.75) is 13.0 Å². The van der Waals surface area contributed by atoms with Crippen molar-refractivity contribution in [3.05, 3.63) is 23.9 Å². The number of pyridine rings is 1. The van der Waals surface area contributed by atoms with Crippen molar-refractivity contribution >= 4 is 0 Å². The molecule has 0 spiro atoms. The van der Waals surface area contributed by atoms with E-state index >= 15 is 0 Å². The first-order chi connectivity index (χ1) is 7.36. The summed E-state index contributed by atoms with van der Waals surface area (Å²) in [4.78, 5) is 4.13. The van der Waals surface area contributed by atoms with Gasteiger partial charge in [-0.3, -0.25) is 0 Å². The smallest absolute Gasteiger partial charge is 0.212 e. The van der Waals surface area contributed by atoms with E-state index in [4.69, 9.17) is 9.47 Å². The van der Waals surface area contributed by atoms with Gasteiger partial charge in [0.25, 0.3) is 0 Å². The van der Waals surface area contributed by atoms with Crippen LogP contribution in [-0.4, -0.2) is 32.4 Å². The Labute approximate surface area is 90.6 Å². The second-order valence-electron chi connectivity index (χ2n) is 3.23. The van der Waals surface area contributed by atoms with Crippen molar-refractivity contribution in [3.63, 3.8) is 0 Å². The Kier molecular flexibility index (Phi) is 5.73. The summed E-state index contributed by atoms with van der Waals surface area (Å²) in [5.41, 5.74) is 1.16. The van der Waals surface area contributed by atoms with E-state index in [0.717, 1.165) is 31.7 Å². The molecule has 1 rings (SSSR count). The lowest BCUT2D eigenvalue weighted by atomic mass is 10.3. The van der Waals surface area contributed by atoms with Crippen molar-refractivity contribution in [2.75, 3.05) is 27.4 Å². The summed E-state index contributed by atoms with van der Waals surface area (Å²) in [7, 11) is 3.33. The summed E-state index contributed by atoms with van der Waals surface area (Å²) >= 11 is 0. The molecule has 0 saturated carbocycles. The highest BCUT2D eigenvalue weighted by Gasteiger charge is 1.94. The Morgan fingerprint density at radius 3 is 2.80 bits per heavy atom. The summed E-state index contributed by atoms with van der Waals surface area (Å²) in [5, 5.41) is 3.31. The zero-order valence-electron chi connectivity index (χ0n) is 9.32. The SMILES string of the molecule is COCCCNCc1ccc(OC)nc1. The largest absolute Gasteiger partial charge is 0.481 e. The number of aromatic nitrogens is 1. The van der Waals surface area contributed by atoms with Crippen LogP contribution in [0.1, 0.15) is 12.0 Å². The normalized spacial score (nSPS) is 10.3. The standard InChI is InChI=1S/C11H18N2O2/c1-14-7-3-6-12-8-10-4-5-11(15-2)13-9-10/h4-5,9,12H,3,6-8H2,1-2H3. The summed E-state index contributed by atoms with van der Waals surface area (Å²) in [6.07, 6.45) is 2.85. The van der Waals surface area contributed by atoms with Gasteiger partial charge in [0, 0.05) is 32.5 Å². The number of hydrogen-bond donors (Lipinski definition) is 1. The van der Waals surface area contributed by atoms with E-state index in [1.54, 1.807) is 14.2 Å². The number of rotatable bonds is 7. The molecule has 0 aliphatic rings. The molecule has 0 amide bonds. The van der Waals surface area contributed by atoms with Crippen LogP contribution in [0.25, 0.3) is 0 Å². The number of ether oxygens (including phenoxy) is 2. The van der Waals surface area contributed by atoms with Gasteiger partial charge in [0.05, 0.1) is 7.11 Å². The van der Waals surface area contributed by atoms with E-state index in [-0.39, 0.29) is 0 Å². The van der Waals surface area contributed by atoms with Gasteiger partial charge in [0.15, 0.2) is 0 Å². The van der Waals surface area contributed by atoms with Crippen LogP contribution < -0.4 is 10.1 Å². The lowest BCUT2D eigenvalue weighted by Gasteiger charge is -2.04. The molecule has 4 nitrogen and oxygen atoms in total. The molecule has 84 valence electrons. The van der Waals surface area contributed by atoms with Crippen LogP contribution in [0.5, 0.6) is 5.88 Å². The van der Waals surface area contributed by atoms with Crippen LogP contribution in [0, 0.1) is 0 Å². The van der Waals surface area contributed by atoms with Gasteiger partial charge < -0.3 is 14.8 Å². The molecule has 0 aliphatic heterocycles. The molecule has 1 N–H and O–H groups in total. The average molecular weight is 210 g/mol. The maximum Gasteiger partial charge on any atom is 0.212 e. The maximum atomic E-state index is 4.98. The zero-order chi connectivity index (χ0) is 10.9. The van der Waals surface area contributed by atoms with Gasteiger partial charge in [-0.2, -0.15) is 0 Å². The van der Waals surface area contributed by atoms with Crippen LogP contribution in [0.2, 0.25) is 0 Å². The van der Waals surface area contributed by atoms with Crippen molar-refractivity contribution in [1.29, 1.82) is 0 Å². The molecule has 1 heterocycles. The molecule has 0 atom stereocenters. The molecule has 4 heteroatoms. The fraction of sp³-hybridized carbons (Fsp3) is 0.545. The third-order valence-corrected chi connectivity index (χ3v) is 2.04. The quantitative estimate of drug-likeness (QED) is 0.687. The first kappa shape index (κ1) is 11.9. The molecule has 0 aliphatic carbocycles. The summed E-state index contributed by atoms with van der Waals surface area (Å²) < 4.78 is 9.93. The van der Waals surface area contributed by atoms with Crippen LogP contribution in [-0.2, 0) is 11.3 Å². The average Bonchev–Trinajstić information content (AvgIpc) is 2.30. The minimum atomic E-state index is 0.651. The first-order valence-corrected chi connectivity index (χ1v) is 5.05. The van der Waals surface area contributed by atoms with Crippen molar-refractivity contribution < 1.29 is 9.47 Å². The molecular formula is C11H18N2O2. The third-order valence-electron chi connectivity index (χ3n) is 2.04. The summed E-state index contributed by atoms with van der Waals surface area (Å²) in [5.74, 6) is 0.651.